The Morgan fingerprint density at radius 1 is 1.09 bits per heavy atom. The lowest BCUT2D eigenvalue weighted by Gasteiger charge is -2.20. The molecule has 0 saturated heterocycles. The van der Waals surface area contributed by atoms with Gasteiger partial charge in [-0.05, 0) is 36.3 Å². The number of benzene rings is 2. The van der Waals surface area contributed by atoms with Crippen molar-refractivity contribution in [3.05, 3.63) is 65.7 Å². The molecule has 1 aliphatic rings. The van der Waals surface area contributed by atoms with Gasteiger partial charge in [0.25, 0.3) is 0 Å². The van der Waals surface area contributed by atoms with Crippen LogP contribution in [0.2, 0.25) is 0 Å². The summed E-state index contributed by atoms with van der Waals surface area (Å²) in [5, 5.41) is 2.95. The monoisotopic (exact) mass is 309 g/mol. The quantitative estimate of drug-likeness (QED) is 0.881. The Balaban J connectivity index is 1.63. The molecule has 0 aliphatic carbocycles. The summed E-state index contributed by atoms with van der Waals surface area (Å²) in [5.41, 5.74) is 1.98. The third-order valence-corrected chi connectivity index (χ3v) is 3.65. The van der Waals surface area contributed by atoms with Crippen molar-refractivity contribution in [1.29, 1.82) is 0 Å². The highest BCUT2D eigenvalue weighted by Crippen LogP contribution is 2.32. The van der Waals surface area contributed by atoms with Gasteiger partial charge in [-0.2, -0.15) is 0 Å². The average Bonchev–Trinajstić information content (AvgIpc) is 2.60. The minimum atomic E-state index is -0.128. The lowest BCUT2D eigenvalue weighted by Crippen LogP contribution is -2.25. The fraction of sp³-hybridized carbons (Fsp3) is 0.211. The van der Waals surface area contributed by atoms with Crippen LogP contribution in [0.25, 0.3) is 6.08 Å². The first kappa shape index (κ1) is 15.2. The SMILES string of the molecule is CC(NC(=O)/C=C/c1ccccc1)c1ccc2c(c1)OCCO2. The van der Waals surface area contributed by atoms with Crippen LogP contribution in [0, 0.1) is 0 Å². The van der Waals surface area contributed by atoms with Gasteiger partial charge in [-0.15, -0.1) is 0 Å². The largest absolute Gasteiger partial charge is 0.486 e. The van der Waals surface area contributed by atoms with Gasteiger partial charge in [0.15, 0.2) is 11.5 Å². The summed E-state index contributed by atoms with van der Waals surface area (Å²) >= 11 is 0. The van der Waals surface area contributed by atoms with E-state index in [1.54, 1.807) is 12.2 Å². The van der Waals surface area contributed by atoms with E-state index < -0.39 is 0 Å². The van der Waals surface area contributed by atoms with Gasteiger partial charge in [0.1, 0.15) is 13.2 Å². The van der Waals surface area contributed by atoms with Gasteiger partial charge < -0.3 is 14.8 Å². The summed E-state index contributed by atoms with van der Waals surface area (Å²) in [6, 6.07) is 15.4. The Hall–Kier alpha value is -2.75. The van der Waals surface area contributed by atoms with Gasteiger partial charge >= 0.3 is 0 Å². The number of hydrogen-bond acceptors (Lipinski definition) is 3. The maximum absolute atomic E-state index is 12.0. The van der Waals surface area contributed by atoms with Gasteiger partial charge in [-0.25, -0.2) is 0 Å². The smallest absolute Gasteiger partial charge is 0.244 e. The number of carbonyl (C=O) groups excluding carboxylic acids is 1. The Kier molecular flexibility index (Phi) is 4.62. The number of carbonyl (C=O) groups is 1. The van der Waals surface area contributed by atoms with Crippen LogP contribution in [0.15, 0.2) is 54.6 Å². The zero-order valence-corrected chi connectivity index (χ0v) is 13.0. The van der Waals surface area contributed by atoms with Crippen LogP contribution in [0.5, 0.6) is 11.5 Å². The van der Waals surface area contributed by atoms with Gasteiger partial charge in [0.05, 0.1) is 6.04 Å². The molecule has 0 aromatic heterocycles. The van der Waals surface area contributed by atoms with E-state index >= 15 is 0 Å². The first-order valence-electron chi connectivity index (χ1n) is 7.65. The number of ether oxygens (including phenoxy) is 2. The molecule has 1 amide bonds. The Bertz CT molecular complexity index is 710. The molecule has 0 bridgehead atoms. The van der Waals surface area contributed by atoms with Crippen molar-refractivity contribution in [3.63, 3.8) is 0 Å². The van der Waals surface area contributed by atoms with E-state index in [1.165, 1.54) is 0 Å². The molecule has 1 atom stereocenters. The Morgan fingerprint density at radius 2 is 1.83 bits per heavy atom. The van der Waals surface area contributed by atoms with Crippen LogP contribution in [-0.2, 0) is 4.79 Å². The van der Waals surface area contributed by atoms with Gasteiger partial charge in [0, 0.05) is 6.08 Å². The van der Waals surface area contributed by atoms with Crippen molar-refractivity contribution in [3.8, 4) is 11.5 Å². The topological polar surface area (TPSA) is 47.6 Å². The molecule has 4 heteroatoms. The highest BCUT2D eigenvalue weighted by atomic mass is 16.6. The molecular weight excluding hydrogens is 290 g/mol. The van der Waals surface area contributed by atoms with Crippen LogP contribution < -0.4 is 14.8 Å². The summed E-state index contributed by atoms with van der Waals surface area (Å²) < 4.78 is 11.1. The second kappa shape index (κ2) is 7.01. The number of rotatable bonds is 4. The van der Waals surface area contributed by atoms with E-state index in [-0.39, 0.29) is 11.9 Å². The lowest BCUT2D eigenvalue weighted by atomic mass is 10.1. The normalized spacial score (nSPS) is 14.5. The van der Waals surface area contributed by atoms with Crippen LogP contribution >= 0.6 is 0 Å². The maximum Gasteiger partial charge on any atom is 0.244 e. The minimum Gasteiger partial charge on any atom is -0.486 e. The van der Waals surface area contributed by atoms with Crippen molar-refractivity contribution >= 4 is 12.0 Å². The molecule has 1 aliphatic heterocycles. The van der Waals surface area contributed by atoms with Gasteiger partial charge in [-0.1, -0.05) is 36.4 Å². The predicted octanol–water partition coefficient (Wildman–Crippen LogP) is 3.35. The highest BCUT2D eigenvalue weighted by molar-refractivity contribution is 5.91. The van der Waals surface area contributed by atoms with Crippen LogP contribution in [-0.4, -0.2) is 19.1 Å². The Labute approximate surface area is 135 Å². The fourth-order valence-electron chi connectivity index (χ4n) is 2.41. The fourth-order valence-corrected chi connectivity index (χ4v) is 2.41. The summed E-state index contributed by atoms with van der Waals surface area (Å²) in [6.45, 7) is 3.07. The number of hydrogen-bond donors (Lipinski definition) is 1. The molecule has 0 saturated carbocycles. The maximum atomic E-state index is 12.0. The molecule has 3 rings (SSSR count). The van der Waals surface area contributed by atoms with E-state index in [0.717, 1.165) is 22.6 Å². The summed E-state index contributed by atoms with van der Waals surface area (Å²) in [7, 11) is 0. The predicted molar refractivity (Wildman–Crippen MR) is 89.5 cm³/mol. The third kappa shape index (κ3) is 3.92. The molecule has 2 aromatic rings. The molecule has 0 fully saturated rings. The lowest BCUT2D eigenvalue weighted by molar-refractivity contribution is -0.117. The van der Waals surface area contributed by atoms with Crippen LogP contribution in [0.1, 0.15) is 24.1 Å². The zero-order valence-electron chi connectivity index (χ0n) is 13.0. The van der Waals surface area contributed by atoms with Crippen molar-refractivity contribution in [1.82, 2.24) is 5.32 Å². The van der Waals surface area contributed by atoms with Crippen molar-refractivity contribution in [2.75, 3.05) is 13.2 Å². The first-order chi connectivity index (χ1) is 11.2. The van der Waals surface area contributed by atoms with E-state index in [9.17, 15) is 4.79 Å². The molecule has 4 nitrogen and oxygen atoms in total. The molecule has 1 heterocycles. The second-order valence-electron chi connectivity index (χ2n) is 5.38. The third-order valence-electron chi connectivity index (χ3n) is 3.65. The minimum absolute atomic E-state index is 0.112. The van der Waals surface area contributed by atoms with Gasteiger partial charge in [-0.3, -0.25) is 4.79 Å². The molecule has 2 aromatic carbocycles. The van der Waals surface area contributed by atoms with Gasteiger partial charge in [0.2, 0.25) is 5.91 Å². The molecule has 23 heavy (non-hydrogen) atoms. The van der Waals surface area contributed by atoms with E-state index in [0.29, 0.717) is 13.2 Å². The average molecular weight is 309 g/mol. The van der Waals surface area contributed by atoms with E-state index in [2.05, 4.69) is 5.32 Å². The molecule has 0 radical (unpaired) electrons. The molecular formula is C19H19NO3. The van der Waals surface area contributed by atoms with Crippen LogP contribution in [0.3, 0.4) is 0 Å². The molecule has 0 spiro atoms. The second-order valence-corrected chi connectivity index (χ2v) is 5.38. The molecule has 1 unspecified atom stereocenters. The highest BCUT2D eigenvalue weighted by Gasteiger charge is 2.15. The Morgan fingerprint density at radius 3 is 2.61 bits per heavy atom. The zero-order chi connectivity index (χ0) is 16.1. The molecule has 118 valence electrons. The molecule has 1 N–H and O–H groups in total. The number of fused-ring (bicyclic) bond motifs is 1. The first-order valence-corrected chi connectivity index (χ1v) is 7.65. The van der Waals surface area contributed by atoms with Crippen molar-refractivity contribution < 1.29 is 14.3 Å². The summed E-state index contributed by atoms with van der Waals surface area (Å²) in [5.74, 6) is 1.36. The summed E-state index contributed by atoms with van der Waals surface area (Å²) in [6.07, 6.45) is 3.34. The van der Waals surface area contributed by atoms with Crippen LogP contribution in [0.4, 0.5) is 0 Å². The standard InChI is InChI=1S/C19H19NO3/c1-14(16-8-9-17-18(13-16)23-12-11-22-17)20-19(21)10-7-15-5-3-2-4-6-15/h2-10,13-14H,11-12H2,1H3,(H,20,21)/b10-7+. The van der Waals surface area contributed by atoms with Crippen molar-refractivity contribution in [2.45, 2.75) is 13.0 Å². The van der Waals surface area contributed by atoms with Crippen molar-refractivity contribution in [2.24, 2.45) is 0 Å². The number of amides is 1. The van der Waals surface area contributed by atoms with E-state index in [4.69, 9.17) is 9.47 Å². The summed E-state index contributed by atoms with van der Waals surface area (Å²) in [4.78, 5) is 12.0. The van der Waals surface area contributed by atoms with E-state index in [1.807, 2.05) is 55.5 Å². The number of nitrogens with one attached hydrogen (secondary N) is 1.